The lowest BCUT2D eigenvalue weighted by Crippen LogP contribution is -2.12. The second-order valence-corrected chi connectivity index (χ2v) is 4.58. The molecule has 0 saturated carbocycles. The average molecular weight is 344 g/mol. The van der Waals surface area contributed by atoms with Crippen LogP contribution in [-0.2, 0) is 13.1 Å². The van der Waals surface area contributed by atoms with E-state index in [1.165, 1.54) is 0 Å². The summed E-state index contributed by atoms with van der Waals surface area (Å²) in [5, 5.41) is 3.30. The van der Waals surface area contributed by atoms with E-state index in [0.717, 1.165) is 21.6 Å². The molecule has 0 bridgehead atoms. The van der Waals surface area contributed by atoms with E-state index in [1.54, 1.807) is 13.3 Å². The van der Waals surface area contributed by atoms with Gasteiger partial charge in [-0.25, -0.2) is 4.98 Å². The Morgan fingerprint density at radius 3 is 2.94 bits per heavy atom. The van der Waals surface area contributed by atoms with Gasteiger partial charge in [-0.1, -0.05) is 0 Å². The highest BCUT2D eigenvalue weighted by Gasteiger charge is 2.00. The maximum absolute atomic E-state index is 5.45. The van der Waals surface area contributed by atoms with E-state index in [-0.39, 0.29) is 0 Å². The summed E-state index contributed by atoms with van der Waals surface area (Å²) in [4.78, 5) is 4.06. The molecule has 5 heteroatoms. The number of methoxy groups -OCH3 is 1. The summed E-state index contributed by atoms with van der Waals surface area (Å²) in [6.07, 6.45) is 1.74. The highest BCUT2D eigenvalue weighted by Crippen LogP contribution is 2.11. The molecule has 0 aliphatic carbocycles. The lowest BCUT2D eigenvalue weighted by Gasteiger charge is -2.04. The summed E-state index contributed by atoms with van der Waals surface area (Å²) < 4.78 is 11.4. The van der Waals surface area contributed by atoms with Gasteiger partial charge in [0.05, 0.1) is 13.7 Å². The molecule has 2 heterocycles. The molecule has 4 nitrogen and oxygen atoms in total. The number of aromatic nitrogens is 1. The van der Waals surface area contributed by atoms with E-state index in [4.69, 9.17) is 9.15 Å². The molecule has 90 valence electrons. The molecule has 0 aromatic carbocycles. The third-order valence-corrected chi connectivity index (χ3v) is 2.85. The molecule has 0 unspecified atom stereocenters. The lowest BCUT2D eigenvalue weighted by atomic mass is 10.2. The van der Waals surface area contributed by atoms with E-state index in [9.17, 15) is 0 Å². The summed E-state index contributed by atoms with van der Waals surface area (Å²) in [6, 6.07) is 7.80. The number of nitrogens with zero attached hydrogens (tertiary/aromatic N) is 1. The first kappa shape index (κ1) is 12.4. The minimum Gasteiger partial charge on any atom is -0.481 e. The van der Waals surface area contributed by atoms with Crippen LogP contribution in [0, 0.1) is 3.77 Å². The lowest BCUT2D eigenvalue weighted by molar-refractivity contribution is 0.397. The molecule has 2 rings (SSSR count). The van der Waals surface area contributed by atoms with Gasteiger partial charge in [-0.2, -0.15) is 0 Å². The molecular weight excluding hydrogens is 331 g/mol. The van der Waals surface area contributed by atoms with E-state index in [1.807, 2.05) is 24.3 Å². The molecule has 0 spiro atoms. The topological polar surface area (TPSA) is 47.3 Å². The fourth-order valence-corrected chi connectivity index (χ4v) is 1.91. The monoisotopic (exact) mass is 344 g/mol. The standard InChI is InChI=1S/C12H13IN2O2/c1-16-12-6-9(4-5-15-12)7-14-8-10-2-3-11(13)17-10/h2-6,14H,7-8H2,1H3. The summed E-state index contributed by atoms with van der Waals surface area (Å²) >= 11 is 2.15. The molecule has 0 aliphatic heterocycles. The molecule has 1 N–H and O–H groups in total. The van der Waals surface area contributed by atoms with Gasteiger partial charge in [-0.05, 0) is 46.4 Å². The van der Waals surface area contributed by atoms with Crippen molar-refractivity contribution >= 4 is 22.6 Å². The van der Waals surface area contributed by atoms with Gasteiger partial charge in [0.1, 0.15) is 5.76 Å². The number of halogens is 1. The van der Waals surface area contributed by atoms with Crippen molar-refractivity contribution in [2.75, 3.05) is 7.11 Å². The van der Waals surface area contributed by atoms with Crippen LogP contribution in [0.1, 0.15) is 11.3 Å². The molecule has 2 aromatic heterocycles. The number of nitrogens with one attached hydrogen (secondary N) is 1. The second kappa shape index (κ2) is 6.02. The first-order valence-corrected chi connectivity index (χ1v) is 6.29. The molecule has 0 saturated heterocycles. The van der Waals surface area contributed by atoms with Crippen LogP contribution in [0.25, 0.3) is 0 Å². The van der Waals surface area contributed by atoms with Gasteiger partial charge in [-0.3, -0.25) is 0 Å². The van der Waals surface area contributed by atoms with Crippen LogP contribution in [0.4, 0.5) is 0 Å². The van der Waals surface area contributed by atoms with Crippen LogP contribution in [-0.4, -0.2) is 12.1 Å². The number of hydrogen-bond acceptors (Lipinski definition) is 4. The van der Waals surface area contributed by atoms with E-state index in [0.29, 0.717) is 12.4 Å². The van der Waals surface area contributed by atoms with Gasteiger partial charge in [-0.15, -0.1) is 0 Å². The zero-order valence-electron chi connectivity index (χ0n) is 9.44. The van der Waals surface area contributed by atoms with Crippen LogP contribution < -0.4 is 10.1 Å². The quantitative estimate of drug-likeness (QED) is 0.847. The molecule has 0 amide bonds. The van der Waals surface area contributed by atoms with Gasteiger partial charge < -0.3 is 14.5 Å². The molecule has 17 heavy (non-hydrogen) atoms. The van der Waals surface area contributed by atoms with Crippen molar-refractivity contribution in [1.29, 1.82) is 0 Å². The number of pyridine rings is 1. The smallest absolute Gasteiger partial charge is 0.213 e. The van der Waals surface area contributed by atoms with Crippen molar-refractivity contribution in [3.63, 3.8) is 0 Å². The predicted molar refractivity (Wildman–Crippen MR) is 72.8 cm³/mol. The summed E-state index contributed by atoms with van der Waals surface area (Å²) in [5.41, 5.74) is 1.14. The Kier molecular flexibility index (Phi) is 4.38. The van der Waals surface area contributed by atoms with Crippen LogP contribution in [0.3, 0.4) is 0 Å². The summed E-state index contributed by atoms with van der Waals surface area (Å²) in [6.45, 7) is 1.48. The fourth-order valence-electron chi connectivity index (χ4n) is 1.45. The Morgan fingerprint density at radius 2 is 2.24 bits per heavy atom. The largest absolute Gasteiger partial charge is 0.481 e. The van der Waals surface area contributed by atoms with Gasteiger partial charge in [0.2, 0.25) is 5.88 Å². The number of furan rings is 1. The third-order valence-electron chi connectivity index (χ3n) is 2.27. The zero-order chi connectivity index (χ0) is 12.1. The average Bonchev–Trinajstić information content (AvgIpc) is 2.75. The maximum Gasteiger partial charge on any atom is 0.213 e. The van der Waals surface area contributed by atoms with Crippen molar-refractivity contribution in [3.05, 3.63) is 45.6 Å². The Morgan fingerprint density at radius 1 is 1.35 bits per heavy atom. The fraction of sp³-hybridized carbons (Fsp3) is 0.250. The Bertz CT molecular complexity index is 485. The maximum atomic E-state index is 5.45. The summed E-state index contributed by atoms with van der Waals surface area (Å²) in [7, 11) is 1.62. The predicted octanol–water partition coefficient (Wildman–Crippen LogP) is 2.58. The van der Waals surface area contributed by atoms with Crippen LogP contribution in [0.5, 0.6) is 5.88 Å². The van der Waals surface area contributed by atoms with Gasteiger partial charge >= 0.3 is 0 Å². The van der Waals surface area contributed by atoms with Gasteiger partial charge in [0.25, 0.3) is 0 Å². The molecule has 0 radical (unpaired) electrons. The Labute approximate surface area is 114 Å². The number of hydrogen-bond donors (Lipinski definition) is 1. The van der Waals surface area contributed by atoms with Crippen molar-refractivity contribution in [2.24, 2.45) is 0 Å². The summed E-state index contributed by atoms with van der Waals surface area (Å²) in [5.74, 6) is 1.58. The van der Waals surface area contributed by atoms with E-state index >= 15 is 0 Å². The van der Waals surface area contributed by atoms with Crippen molar-refractivity contribution in [1.82, 2.24) is 10.3 Å². The van der Waals surface area contributed by atoms with E-state index < -0.39 is 0 Å². The molecular formula is C12H13IN2O2. The van der Waals surface area contributed by atoms with Gasteiger partial charge in [0, 0.05) is 18.8 Å². The molecule has 0 atom stereocenters. The van der Waals surface area contributed by atoms with Crippen molar-refractivity contribution < 1.29 is 9.15 Å². The van der Waals surface area contributed by atoms with Crippen LogP contribution >= 0.6 is 22.6 Å². The number of ether oxygens (including phenoxy) is 1. The normalized spacial score (nSPS) is 10.5. The van der Waals surface area contributed by atoms with E-state index in [2.05, 4.69) is 32.9 Å². The van der Waals surface area contributed by atoms with Crippen molar-refractivity contribution in [3.8, 4) is 5.88 Å². The third kappa shape index (κ3) is 3.71. The SMILES string of the molecule is COc1cc(CNCc2ccc(I)o2)ccn1. The second-order valence-electron chi connectivity index (χ2n) is 3.52. The molecule has 2 aromatic rings. The highest BCUT2D eigenvalue weighted by atomic mass is 127. The minimum absolute atomic E-state index is 0.636. The minimum atomic E-state index is 0.636. The van der Waals surface area contributed by atoms with Gasteiger partial charge in [0.15, 0.2) is 3.77 Å². The van der Waals surface area contributed by atoms with Crippen molar-refractivity contribution in [2.45, 2.75) is 13.1 Å². The molecule has 0 fully saturated rings. The van der Waals surface area contributed by atoms with Crippen LogP contribution in [0.15, 0.2) is 34.9 Å². The Balaban J connectivity index is 1.85. The number of rotatable bonds is 5. The van der Waals surface area contributed by atoms with Crippen LogP contribution in [0.2, 0.25) is 0 Å². The highest BCUT2D eigenvalue weighted by molar-refractivity contribution is 14.1. The Hall–Kier alpha value is -1.08. The first-order valence-electron chi connectivity index (χ1n) is 5.22. The first-order chi connectivity index (χ1) is 8.28. The molecule has 0 aliphatic rings. The zero-order valence-corrected chi connectivity index (χ0v) is 11.6.